The van der Waals surface area contributed by atoms with E-state index in [1.807, 2.05) is 0 Å². The van der Waals surface area contributed by atoms with E-state index in [1.165, 1.54) is 23.1 Å². The van der Waals surface area contributed by atoms with E-state index in [2.05, 4.69) is 15.4 Å². The lowest BCUT2D eigenvalue weighted by Gasteiger charge is -2.11. The minimum atomic E-state index is -4.68. The first-order valence-electron chi connectivity index (χ1n) is 8.28. The summed E-state index contributed by atoms with van der Waals surface area (Å²) in [7, 11) is 0. The van der Waals surface area contributed by atoms with Crippen LogP contribution in [0.15, 0.2) is 35.4 Å². The molecule has 3 aromatic rings. The molecule has 0 atom stereocenters. The Bertz CT molecular complexity index is 1070. The Kier molecular flexibility index (Phi) is 5.41. The van der Waals surface area contributed by atoms with Crippen molar-refractivity contribution in [1.29, 1.82) is 0 Å². The Morgan fingerprint density at radius 2 is 2.07 bits per heavy atom. The number of carbonyl (C=O) groups is 1. The van der Waals surface area contributed by atoms with Crippen LogP contribution in [-0.4, -0.2) is 25.2 Å². The van der Waals surface area contributed by atoms with Gasteiger partial charge in [-0.3, -0.25) is 18.8 Å². The molecule has 0 saturated carbocycles. The normalized spacial score (nSPS) is 11.8. The van der Waals surface area contributed by atoms with Crippen molar-refractivity contribution in [3.8, 4) is 0 Å². The largest absolute Gasteiger partial charge is 0.417 e. The molecule has 0 fully saturated rings. The summed E-state index contributed by atoms with van der Waals surface area (Å²) < 4.78 is 42.2. The van der Waals surface area contributed by atoms with Crippen molar-refractivity contribution < 1.29 is 18.0 Å². The number of aromatic nitrogens is 4. The molecule has 3 rings (SSSR count). The highest BCUT2D eigenvalue weighted by atomic mass is 35.5. The lowest BCUT2D eigenvalue weighted by Crippen LogP contribution is -2.25. The Hall–Kier alpha value is -2.88. The fourth-order valence-electron chi connectivity index (χ4n) is 2.67. The Balaban J connectivity index is 1.87. The number of halogens is 4. The fraction of sp³-hybridized carbons (Fsp3) is 0.294. The maximum atomic E-state index is 13.3. The van der Waals surface area contributed by atoms with Crippen molar-refractivity contribution in [2.24, 2.45) is 0 Å². The van der Waals surface area contributed by atoms with Gasteiger partial charge < -0.3 is 5.32 Å². The Labute approximate surface area is 161 Å². The topological polar surface area (TPSA) is 81.8 Å². The van der Waals surface area contributed by atoms with Gasteiger partial charge in [-0.05, 0) is 19.1 Å². The zero-order valence-electron chi connectivity index (χ0n) is 14.6. The van der Waals surface area contributed by atoms with Crippen LogP contribution in [-0.2, 0) is 24.1 Å². The molecule has 0 aromatic carbocycles. The molecule has 28 heavy (non-hydrogen) atoms. The van der Waals surface area contributed by atoms with Gasteiger partial charge >= 0.3 is 6.18 Å². The maximum absolute atomic E-state index is 13.3. The summed E-state index contributed by atoms with van der Waals surface area (Å²) in [6.45, 7) is 1.92. The number of carbonyl (C=O) groups excluding carboxylic acids is 1. The van der Waals surface area contributed by atoms with Crippen molar-refractivity contribution >= 4 is 34.4 Å². The molecule has 3 aromatic heterocycles. The number of hydrogen-bond donors (Lipinski definition) is 1. The smallest absolute Gasteiger partial charge is 0.311 e. The van der Waals surface area contributed by atoms with Gasteiger partial charge in [0.1, 0.15) is 5.82 Å². The second-order valence-corrected chi connectivity index (χ2v) is 6.36. The molecule has 0 aliphatic carbocycles. The van der Waals surface area contributed by atoms with Crippen molar-refractivity contribution in [3.05, 3.63) is 51.5 Å². The Morgan fingerprint density at radius 3 is 2.68 bits per heavy atom. The van der Waals surface area contributed by atoms with Crippen LogP contribution in [0.2, 0.25) is 5.02 Å². The zero-order valence-corrected chi connectivity index (χ0v) is 15.4. The third-order valence-electron chi connectivity index (χ3n) is 4.01. The summed E-state index contributed by atoms with van der Waals surface area (Å²) >= 11 is 5.72. The van der Waals surface area contributed by atoms with E-state index < -0.39 is 23.2 Å². The molecule has 148 valence electrons. The van der Waals surface area contributed by atoms with Gasteiger partial charge in [-0.2, -0.15) is 18.3 Å². The van der Waals surface area contributed by atoms with E-state index in [9.17, 15) is 22.8 Å². The third-order valence-corrected chi connectivity index (χ3v) is 4.23. The highest BCUT2D eigenvalue weighted by molar-refractivity contribution is 6.30. The lowest BCUT2D eigenvalue weighted by molar-refractivity contribution is -0.136. The summed E-state index contributed by atoms with van der Waals surface area (Å²) in [6.07, 6.45) is -2.23. The first-order chi connectivity index (χ1) is 13.2. The molecular weight excluding hydrogens is 399 g/mol. The van der Waals surface area contributed by atoms with E-state index in [-0.39, 0.29) is 29.8 Å². The van der Waals surface area contributed by atoms with Gasteiger partial charge in [0.25, 0.3) is 5.56 Å². The predicted octanol–water partition coefficient (Wildman–Crippen LogP) is 3.31. The molecule has 7 nitrogen and oxygen atoms in total. The summed E-state index contributed by atoms with van der Waals surface area (Å²) in [4.78, 5) is 28.3. The molecule has 0 aliphatic rings. The number of fused-ring (bicyclic) bond motifs is 1. The predicted molar refractivity (Wildman–Crippen MR) is 97.2 cm³/mol. The van der Waals surface area contributed by atoms with Crippen LogP contribution in [0.4, 0.5) is 19.0 Å². The number of hydrogen-bond acceptors (Lipinski definition) is 4. The van der Waals surface area contributed by atoms with Gasteiger partial charge in [-0.15, -0.1) is 0 Å². The van der Waals surface area contributed by atoms with E-state index in [0.29, 0.717) is 17.6 Å². The van der Waals surface area contributed by atoms with Crippen molar-refractivity contribution in [2.45, 2.75) is 32.6 Å². The fourth-order valence-corrected chi connectivity index (χ4v) is 2.78. The molecule has 0 radical (unpaired) electrons. The molecule has 3 heterocycles. The van der Waals surface area contributed by atoms with E-state index >= 15 is 0 Å². The number of nitrogens with zero attached hydrogens (tertiary/aromatic N) is 4. The van der Waals surface area contributed by atoms with Crippen LogP contribution in [0.5, 0.6) is 0 Å². The molecule has 0 saturated heterocycles. The van der Waals surface area contributed by atoms with Gasteiger partial charge in [-0.25, -0.2) is 4.98 Å². The maximum Gasteiger partial charge on any atom is 0.417 e. The highest BCUT2D eigenvalue weighted by Crippen LogP contribution is 2.33. The quantitative estimate of drug-likeness (QED) is 0.695. The van der Waals surface area contributed by atoms with Gasteiger partial charge in [0.15, 0.2) is 5.65 Å². The number of alkyl halides is 3. The average Bonchev–Trinajstić information content (AvgIpc) is 3.05. The van der Waals surface area contributed by atoms with Gasteiger partial charge in [0.05, 0.1) is 10.6 Å². The summed E-state index contributed by atoms with van der Waals surface area (Å²) in [5, 5.41) is 6.81. The van der Waals surface area contributed by atoms with E-state index in [1.54, 1.807) is 13.0 Å². The van der Waals surface area contributed by atoms with E-state index in [4.69, 9.17) is 11.6 Å². The van der Waals surface area contributed by atoms with E-state index in [0.717, 1.165) is 4.57 Å². The number of anilines is 1. The van der Waals surface area contributed by atoms with Gasteiger partial charge in [-0.1, -0.05) is 11.6 Å². The molecule has 11 heteroatoms. The van der Waals surface area contributed by atoms with Crippen LogP contribution < -0.4 is 10.9 Å². The number of nitrogens with one attached hydrogen (secondary N) is 1. The molecule has 0 aliphatic heterocycles. The van der Waals surface area contributed by atoms with Crippen LogP contribution in [0.1, 0.15) is 18.9 Å². The minimum Gasteiger partial charge on any atom is -0.311 e. The van der Waals surface area contributed by atoms with Gasteiger partial charge in [0, 0.05) is 43.4 Å². The SMILES string of the molecule is CCn1cc2c(C(F)(F)F)cc(=O)n(CCC(=O)Nc3ccc(Cl)cn3)c2n1. The molecule has 1 N–H and O–H groups in total. The molecule has 0 spiro atoms. The van der Waals surface area contributed by atoms with Crippen LogP contribution >= 0.6 is 11.6 Å². The highest BCUT2D eigenvalue weighted by Gasteiger charge is 2.35. The van der Waals surface area contributed by atoms with Crippen molar-refractivity contribution in [2.75, 3.05) is 5.32 Å². The third kappa shape index (κ3) is 4.16. The number of rotatable bonds is 5. The van der Waals surface area contributed by atoms with Crippen molar-refractivity contribution in [3.63, 3.8) is 0 Å². The zero-order chi connectivity index (χ0) is 20.5. The second kappa shape index (κ2) is 7.63. The van der Waals surface area contributed by atoms with Gasteiger partial charge in [0.2, 0.25) is 5.91 Å². The number of aryl methyl sites for hydroxylation is 2. The van der Waals surface area contributed by atoms with Crippen molar-refractivity contribution in [1.82, 2.24) is 19.3 Å². The standard InChI is InChI=1S/C17H15ClF3N5O2/c1-2-25-9-11-12(17(19,20)21)7-15(28)26(16(11)24-25)6-5-14(27)23-13-4-3-10(18)8-22-13/h3-4,7-9H,2,5-6H2,1H3,(H,22,23,27). The second-order valence-electron chi connectivity index (χ2n) is 5.93. The first-order valence-corrected chi connectivity index (χ1v) is 8.66. The molecule has 0 unspecified atom stereocenters. The average molecular weight is 414 g/mol. The number of amides is 1. The Morgan fingerprint density at radius 1 is 1.32 bits per heavy atom. The number of pyridine rings is 2. The summed E-state index contributed by atoms with van der Waals surface area (Å²) in [5.41, 5.74) is -2.03. The monoisotopic (exact) mass is 413 g/mol. The van der Waals surface area contributed by atoms with Crippen LogP contribution in [0, 0.1) is 0 Å². The van der Waals surface area contributed by atoms with Crippen LogP contribution in [0.25, 0.3) is 11.0 Å². The summed E-state index contributed by atoms with van der Waals surface area (Å²) in [6, 6.07) is 3.58. The first kappa shape index (κ1) is 19.9. The lowest BCUT2D eigenvalue weighted by atomic mass is 10.2. The molecular formula is C17H15ClF3N5O2. The van der Waals surface area contributed by atoms with Crippen LogP contribution in [0.3, 0.4) is 0 Å². The molecule has 0 bridgehead atoms. The minimum absolute atomic E-state index is 0.112. The molecule has 1 amide bonds. The summed E-state index contributed by atoms with van der Waals surface area (Å²) in [5.74, 6) is -0.181.